The molecular weight excluding hydrogens is 232 g/mol. The van der Waals surface area contributed by atoms with Gasteiger partial charge in [-0.05, 0) is 37.3 Å². The average molecular weight is 246 g/mol. The van der Waals surface area contributed by atoms with Gasteiger partial charge in [0.15, 0.2) is 0 Å². The highest BCUT2D eigenvalue weighted by Crippen LogP contribution is 2.34. The van der Waals surface area contributed by atoms with Gasteiger partial charge >= 0.3 is 0 Å². The fourth-order valence-electron chi connectivity index (χ4n) is 2.25. The Bertz CT molecular complexity index is 486. The first-order valence-electron chi connectivity index (χ1n) is 5.90. The third-order valence-corrected chi connectivity index (χ3v) is 4.44. The number of aliphatic hydroxyl groups excluding tert-OH is 1. The fourth-order valence-corrected chi connectivity index (χ4v) is 3.50. The molecule has 0 fully saturated rings. The van der Waals surface area contributed by atoms with Gasteiger partial charge in [0.2, 0.25) is 0 Å². The number of thiophene rings is 1. The van der Waals surface area contributed by atoms with E-state index in [0.717, 1.165) is 17.7 Å². The first-order valence-corrected chi connectivity index (χ1v) is 6.71. The molecule has 17 heavy (non-hydrogen) atoms. The largest absolute Gasteiger partial charge is 0.381 e. The summed E-state index contributed by atoms with van der Waals surface area (Å²) in [6.45, 7) is 0. The zero-order valence-electron chi connectivity index (χ0n) is 9.47. The summed E-state index contributed by atoms with van der Waals surface area (Å²) in [5.41, 5.74) is 2.05. The maximum atomic E-state index is 10.2. The minimum atomic E-state index is -0.626. The second kappa shape index (κ2) is 4.55. The lowest BCUT2D eigenvalue weighted by molar-refractivity contribution is 0.218. The number of aryl methyl sites for hydroxylation is 2. The van der Waals surface area contributed by atoms with Gasteiger partial charge in [-0.15, -0.1) is 11.3 Å². The molecule has 0 saturated heterocycles. The van der Waals surface area contributed by atoms with E-state index in [0.29, 0.717) is 5.69 Å². The first kappa shape index (κ1) is 10.9. The molecular formula is C13H14N2OS. The van der Waals surface area contributed by atoms with Gasteiger partial charge < -0.3 is 5.11 Å². The van der Waals surface area contributed by atoms with E-state index in [1.807, 2.05) is 0 Å². The molecule has 4 heteroatoms. The lowest BCUT2D eigenvalue weighted by Gasteiger charge is -2.08. The number of fused-ring (bicyclic) bond motifs is 1. The summed E-state index contributed by atoms with van der Waals surface area (Å²) >= 11 is 1.72. The Kier molecular flexibility index (Phi) is 2.91. The molecule has 2 heterocycles. The van der Waals surface area contributed by atoms with Crippen molar-refractivity contribution in [1.82, 2.24) is 9.97 Å². The minimum Gasteiger partial charge on any atom is -0.381 e. The van der Waals surface area contributed by atoms with Gasteiger partial charge in [-0.2, -0.15) is 0 Å². The van der Waals surface area contributed by atoms with Gasteiger partial charge in [0.25, 0.3) is 0 Å². The SMILES string of the molecule is OC(c1cnccn1)c1cc2c(s1)CCCC2. The number of aromatic nitrogens is 2. The molecule has 88 valence electrons. The first-order chi connectivity index (χ1) is 8.34. The summed E-state index contributed by atoms with van der Waals surface area (Å²) in [5, 5.41) is 10.2. The summed E-state index contributed by atoms with van der Waals surface area (Å²) in [4.78, 5) is 10.6. The van der Waals surface area contributed by atoms with Crippen LogP contribution in [0.2, 0.25) is 0 Å². The van der Waals surface area contributed by atoms with Gasteiger partial charge in [0.05, 0.1) is 11.9 Å². The Morgan fingerprint density at radius 2 is 2.12 bits per heavy atom. The predicted octanol–water partition coefficient (Wildman–Crippen LogP) is 2.50. The van der Waals surface area contributed by atoms with Gasteiger partial charge in [-0.3, -0.25) is 9.97 Å². The van der Waals surface area contributed by atoms with E-state index in [1.54, 1.807) is 29.9 Å². The lowest BCUT2D eigenvalue weighted by Crippen LogP contribution is -2.00. The van der Waals surface area contributed by atoms with Crippen LogP contribution < -0.4 is 0 Å². The third kappa shape index (κ3) is 2.10. The van der Waals surface area contributed by atoms with Crippen molar-refractivity contribution in [2.75, 3.05) is 0 Å². The maximum Gasteiger partial charge on any atom is 0.132 e. The van der Waals surface area contributed by atoms with Crippen molar-refractivity contribution in [3.05, 3.63) is 45.7 Å². The van der Waals surface area contributed by atoms with Crippen LogP contribution in [-0.4, -0.2) is 15.1 Å². The minimum absolute atomic E-state index is 0.626. The Hall–Kier alpha value is -1.26. The van der Waals surface area contributed by atoms with Crippen LogP contribution in [0.1, 0.15) is 40.0 Å². The molecule has 1 N–H and O–H groups in total. The highest BCUT2D eigenvalue weighted by Gasteiger charge is 2.19. The van der Waals surface area contributed by atoms with E-state index in [9.17, 15) is 5.11 Å². The van der Waals surface area contributed by atoms with Crippen LogP contribution in [0.15, 0.2) is 24.7 Å². The lowest BCUT2D eigenvalue weighted by atomic mass is 9.99. The van der Waals surface area contributed by atoms with Crippen LogP contribution >= 0.6 is 11.3 Å². The Morgan fingerprint density at radius 1 is 1.24 bits per heavy atom. The molecule has 0 aromatic carbocycles. The zero-order chi connectivity index (χ0) is 11.7. The number of hydrogen-bond acceptors (Lipinski definition) is 4. The standard InChI is InChI=1S/C13H14N2OS/c16-13(10-8-14-5-6-15-10)12-7-9-3-1-2-4-11(9)17-12/h5-8,13,16H,1-4H2. The van der Waals surface area contributed by atoms with E-state index in [4.69, 9.17) is 0 Å². The van der Waals surface area contributed by atoms with Crippen molar-refractivity contribution < 1.29 is 5.11 Å². The Labute approximate surface area is 104 Å². The van der Waals surface area contributed by atoms with Crippen LogP contribution in [0.4, 0.5) is 0 Å². The summed E-state index contributed by atoms with van der Waals surface area (Å²) < 4.78 is 0. The van der Waals surface area contributed by atoms with Crippen LogP contribution in [0, 0.1) is 0 Å². The van der Waals surface area contributed by atoms with E-state index in [1.165, 1.54) is 23.3 Å². The van der Waals surface area contributed by atoms with Gasteiger partial charge in [-0.25, -0.2) is 0 Å². The van der Waals surface area contributed by atoms with E-state index in [-0.39, 0.29) is 0 Å². The smallest absolute Gasteiger partial charge is 0.132 e. The number of nitrogens with zero attached hydrogens (tertiary/aromatic N) is 2. The van der Waals surface area contributed by atoms with Crippen LogP contribution in [0.25, 0.3) is 0 Å². The van der Waals surface area contributed by atoms with E-state index < -0.39 is 6.10 Å². The maximum absolute atomic E-state index is 10.2. The van der Waals surface area contributed by atoms with Crippen molar-refractivity contribution in [3.63, 3.8) is 0 Å². The molecule has 0 amide bonds. The number of hydrogen-bond donors (Lipinski definition) is 1. The highest BCUT2D eigenvalue weighted by molar-refractivity contribution is 7.12. The molecule has 1 aliphatic rings. The summed E-state index contributed by atoms with van der Waals surface area (Å²) in [7, 11) is 0. The molecule has 1 aliphatic carbocycles. The number of aliphatic hydroxyl groups is 1. The van der Waals surface area contributed by atoms with Crippen molar-refractivity contribution in [3.8, 4) is 0 Å². The quantitative estimate of drug-likeness (QED) is 0.885. The Morgan fingerprint density at radius 3 is 2.88 bits per heavy atom. The Balaban J connectivity index is 1.91. The van der Waals surface area contributed by atoms with Crippen molar-refractivity contribution in [1.29, 1.82) is 0 Å². The molecule has 3 rings (SSSR count). The number of rotatable bonds is 2. The fraction of sp³-hybridized carbons (Fsp3) is 0.385. The average Bonchev–Trinajstić information content (AvgIpc) is 2.82. The zero-order valence-corrected chi connectivity index (χ0v) is 10.3. The molecule has 3 nitrogen and oxygen atoms in total. The second-order valence-corrected chi connectivity index (χ2v) is 5.51. The molecule has 1 atom stereocenters. The summed E-state index contributed by atoms with van der Waals surface area (Å²) in [6, 6.07) is 2.14. The topological polar surface area (TPSA) is 46.0 Å². The van der Waals surface area contributed by atoms with Crippen molar-refractivity contribution in [2.45, 2.75) is 31.8 Å². The normalized spacial score (nSPS) is 16.5. The molecule has 0 radical (unpaired) electrons. The molecule has 0 bridgehead atoms. The third-order valence-electron chi connectivity index (χ3n) is 3.15. The predicted molar refractivity (Wildman–Crippen MR) is 67.1 cm³/mol. The molecule has 1 unspecified atom stereocenters. The van der Waals surface area contributed by atoms with Crippen molar-refractivity contribution in [2.24, 2.45) is 0 Å². The van der Waals surface area contributed by atoms with E-state index in [2.05, 4.69) is 16.0 Å². The van der Waals surface area contributed by atoms with E-state index >= 15 is 0 Å². The summed E-state index contributed by atoms with van der Waals surface area (Å²) in [6.07, 6.45) is 9.09. The van der Waals surface area contributed by atoms with Crippen LogP contribution in [0.5, 0.6) is 0 Å². The molecule has 0 spiro atoms. The van der Waals surface area contributed by atoms with Crippen molar-refractivity contribution >= 4 is 11.3 Å². The highest BCUT2D eigenvalue weighted by atomic mass is 32.1. The van der Waals surface area contributed by atoms with Gasteiger partial charge in [-0.1, -0.05) is 0 Å². The molecule has 0 saturated carbocycles. The van der Waals surface area contributed by atoms with Crippen LogP contribution in [0.3, 0.4) is 0 Å². The van der Waals surface area contributed by atoms with Gasteiger partial charge in [0, 0.05) is 22.1 Å². The molecule has 0 aliphatic heterocycles. The second-order valence-electron chi connectivity index (χ2n) is 4.34. The molecule has 2 aromatic rings. The summed E-state index contributed by atoms with van der Waals surface area (Å²) in [5.74, 6) is 0. The monoisotopic (exact) mass is 246 g/mol. The molecule has 2 aromatic heterocycles. The van der Waals surface area contributed by atoms with Crippen LogP contribution in [-0.2, 0) is 12.8 Å². The van der Waals surface area contributed by atoms with Gasteiger partial charge in [0.1, 0.15) is 6.10 Å².